The Balaban J connectivity index is 1.49. The number of carbonyl (C=O) groups excluding carboxylic acids is 1. The van der Waals surface area contributed by atoms with Crippen molar-refractivity contribution in [1.29, 1.82) is 5.41 Å². The third kappa shape index (κ3) is 4.61. The van der Waals surface area contributed by atoms with E-state index in [1.54, 1.807) is 36.4 Å². The maximum absolute atomic E-state index is 12.5. The van der Waals surface area contributed by atoms with E-state index in [9.17, 15) is 23.3 Å². The van der Waals surface area contributed by atoms with Crippen LogP contribution in [0, 0.1) is 15.5 Å². The van der Waals surface area contributed by atoms with Crippen molar-refractivity contribution < 1.29 is 22.9 Å². The van der Waals surface area contributed by atoms with Gasteiger partial charge in [0.05, 0.1) is 28.2 Å². The van der Waals surface area contributed by atoms with Crippen LogP contribution in [-0.4, -0.2) is 46.1 Å². The zero-order valence-corrected chi connectivity index (χ0v) is 19.3. The molecule has 2 aliphatic heterocycles. The number of fused-ring (bicyclic) bond motifs is 1. The highest BCUT2D eigenvalue weighted by Crippen LogP contribution is 2.30. The van der Waals surface area contributed by atoms with Gasteiger partial charge in [-0.3, -0.25) is 20.3 Å². The van der Waals surface area contributed by atoms with Gasteiger partial charge in [0.1, 0.15) is 18.2 Å². The molecule has 1 N–H and O–H groups in total. The first kappa shape index (κ1) is 23.3. The fourth-order valence-electron chi connectivity index (χ4n) is 3.04. The molecule has 4 rings (SSSR count). The van der Waals surface area contributed by atoms with E-state index >= 15 is 0 Å². The molecular formula is C21H17N5O6S2. The summed E-state index contributed by atoms with van der Waals surface area (Å²) in [5.41, 5.74) is 1.27. The number of amides is 1. The van der Waals surface area contributed by atoms with Crippen molar-refractivity contribution in [2.24, 2.45) is 9.39 Å². The van der Waals surface area contributed by atoms with Gasteiger partial charge in [-0.15, -0.1) is 0 Å². The van der Waals surface area contributed by atoms with Crippen LogP contribution < -0.4 is 4.74 Å². The normalized spacial score (nSPS) is 16.9. The van der Waals surface area contributed by atoms with Crippen molar-refractivity contribution in [2.45, 2.75) is 13.5 Å². The fourth-order valence-corrected chi connectivity index (χ4v) is 5.00. The Hall–Kier alpha value is -3.84. The second kappa shape index (κ2) is 9.19. The lowest BCUT2D eigenvalue weighted by molar-refractivity contribution is -0.384. The molecule has 34 heavy (non-hydrogen) atoms. The minimum absolute atomic E-state index is 0.00127. The van der Waals surface area contributed by atoms with Crippen LogP contribution in [0.5, 0.6) is 5.75 Å². The molecule has 2 heterocycles. The van der Waals surface area contributed by atoms with Gasteiger partial charge >= 0.3 is 0 Å². The monoisotopic (exact) mass is 499 g/mol. The van der Waals surface area contributed by atoms with E-state index in [2.05, 4.69) is 9.39 Å². The quantitative estimate of drug-likeness (QED) is 0.275. The molecule has 174 valence electrons. The first-order valence-corrected chi connectivity index (χ1v) is 12.3. The van der Waals surface area contributed by atoms with Gasteiger partial charge in [-0.05, 0) is 41.5 Å². The Kier molecular flexibility index (Phi) is 6.30. The maximum Gasteiger partial charge on any atom is 0.283 e. The number of benzene rings is 2. The Morgan fingerprint density at radius 3 is 2.47 bits per heavy atom. The van der Waals surface area contributed by atoms with E-state index in [-0.39, 0.29) is 39.8 Å². The molecule has 0 atom stereocenters. The molecule has 0 aliphatic carbocycles. The van der Waals surface area contributed by atoms with Crippen molar-refractivity contribution in [3.63, 3.8) is 0 Å². The predicted molar refractivity (Wildman–Crippen MR) is 128 cm³/mol. The van der Waals surface area contributed by atoms with E-state index in [4.69, 9.17) is 10.1 Å². The van der Waals surface area contributed by atoms with Gasteiger partial charge < -0.3 is 4.74 Å². The van der Waals surface area contributed by atoms with Crippen LogP contribution in [0.1, 0.15) is 18.1 Å². The van der Waals surface area contributed by atoms with Gasteiger partial charge in [0.15, 0.2) is 0 Å². The zero-order valence-electron chi connectivity index (χ0n) is 17.7. The lowest BCUT2D eigenvalue weighted by Crippen LogP contribution is -2.45. The number of hydrogen-bond acceptors (Lipinski definition) is 9. The summed E-state index contributed by atoms with van der Waals surface area (Å²) in [6.07, 6.45) is 1.45. The predicted octanol–water partition coefficient (Wildman–Crippen LogP) is 3.19. The zero-order chi connectivity index (χ0) is 24.5. The number of nitro benzene ring substituents is 1. The summed E-state index contributed by atoms with van der Waals surface area (Å²) in [4.78, 5) is 27.7. The Morgan fingerprint density at radius 2 is 1.85 bits per heavy atom. The number of carbonyl (C=O) groups is 1. The molecule has 0 spiro atoms. The number of nitrogens with zero attached hydrogens (tertiary/aromatic N) is 4. The lowest BCUT2D eigenvalue weighted by atomic mass is 10.1. The number of hydrogen-bond donors (Lipinski definition) is 1. The molecule has 0 saturated carbocycles. The molecule has 11 nitrogen and oxygen atoms in total. The van der Waals surface area contributed by atoms with Gasteiger partial charge in [0.2, 0.25) is 20.2 Å². The fraction of sp³-hybridized carbons (Fsp3) is 0.143. The summed E-state index contributed by atoms with van der Waals surface area (Å²) < 4.78 is 34.2. The number of sulfone groups is 1. The minimum Gasteiger partial charge on any atom is -0.489 e. The number of amidine groups is 3. The summed E-state index contributed by atoms with van der Waals surface area (Å²) in [6, 6.07) is 12.7. The topological polar surface area (TPSA) is 155 Å². The van der Waals surface area contributed by atoms with Crippen molar-refractivity contribution in [3.8, 4) is 5.75 Å². The van der Waals surface area contributed by atoms with Gasteiger partial charge in [0.25, 0.3) is 11.6 Å². The van der Waals surface area contributed by atoms with Crippen LogP contribution in [0.2, 0.25) is 0 Å². The highest BCUT2D eigenvalue weighted by atomic mass is 32.2. The van der Waals surface area contributed by atoms with E-state index in [0.717, 1.165) is 22.4 Å². The molecule has 2 aromatic carbocycles. The molecule has 1 amide bonds. The highest BCUT2D eigenvalue weighted by molar-refractivity contribution is 8.16. The number of aliphatic imine (C=N–C) groups is 1. The van der Waals surface area contributed by atoms with Gasteiger partial charge in [-0.2, -0.15) is 9.39 Å². The van der Waals surface area contributed by atoms with Crippen molar-refractivity contribution in [3.05, 3.63) is 75.3 Å². The number of non-ortho nitro benzene ring substituents is 1. The number of nitrogens with one attached hydrogen (secondary N) is 1. The molecular weight excluding hydrogens is 482 g/mol. The molecule has 2 aromatic rings. The molecule has 0 unspecified atom stereocenters. The molecule has 0 saturated heterocycles. The first-order chi connectivity index (χ1) is 16.2. The average Bonchev–Trinajstić information content (AvgIpc) is 3.26. The second-order valence-electron chi connectivity index (χ2n) is 7.09. The van der Waals surface area contributed by atoms with E-state index in [0.29, 0.717) is 11.3 Å². The molecule has 0 bridgehead atoms. The Bertz CT molecular complexity index is 1380. The van der Waals surface area contributed by atoms with Gasteiger partial charge in [0, 0.05) is 12.1 Å². The van der Waals surface area contributed by atoms with Crippen molar-refractivity contribution >= 4 is 55.6 Å². The third-order valence-corrected chi connectivity index (χ3v) is 7.30. The summed E-state index contributed by atoms with van der Waals surface area (Å²) in [5.74, 6) is -0.634. The van der Waals surface area contributed by atoms with Crippen LogP contribution in [-0.2, 0) is 21.2 Å². The molecule has 2 aliphatic rings. The average molecular weight is 500 g/mol. The molecule has 0 aromatic heterocycles. The SMILES string of the molecule is CCS(=O)(=O)C1=NSC2=NC(=O)C(=Cc3ccc(OCc4ccc([N+](=O)[O-])cc4)cc3)C(=N)N21. The molecule has 0 radical (unpaired) electrons. The highest BCUT2D eigenvalue weighted by Gasteiger charge is 2.42. The van der Waals surface area contributed by atoms with Crippen molar-refractivity contribution in [2.75, 3.05) is 5.75 Å². The second-order valence-corrected chi connectivity index (χ2v) is 9.99. The summed E-state index contributed by atoms with van der Waals surface area (Å²) in [5, 5.41) is 18.9. The minimum atomic E-state index is -3.71. The van der Waals surface area contributed by atoms with E-state index in [1.807, 2.05) is 0 Å². The van der Waals surface area contributed by atoms with E-state index in [1.165, 1.54) is 25.1 Å². The van der Waals surface area contributed by atoms with Crippen LogP contribution in [0.25, 0.3) is 6.08 Å². The van der Waals surface area contributed by atoms with Crippen LogP contribution in [0.3, 0.4) is 0 Å². The first-order valence-electron chi connectivity index (χ1n) is 9.87. The molecule has 13 heteroatoms. The summed E-state index contributed by atoms with van der Waals surface area (Å²) >= 11 is 0.746. The Morgan fingerprint density at radius 1 is 1.18 bits per heavy atom. The summed E-state index contributed by atoms with van der Waals surface area (Å²) in [6.45, 7) is 1.68. The number of ether oxygens (including phenoxy) is 1. The number of nitro groups is 1. The largest absolute Gasteiger partial charge is 0.489 e. The van der Waals surface area contributed by atoms with Crippen LogP contribution >= 0.6 is 11.9 Å². The molecule has 0 fully saturated rings. The smallest absolute Gasteiger partial charge is 0.283 e. The van der Waals surface area contributed by atoms with Crippen LogP contribution in [0.4, 0.5) is 5.69 Å². The van der Waals surface area contributed by atoms with Gasteiger partial charge in [-0.25, -0.2) is 13.3 Å². The summed E-state index contributed by atoms with van der Waals surface area (Å²) in [7, 11) is -3.71. The van der Waals surface area contributed by atoms with Gasteiger partial charge in [-0.1, -0.05) is 19.1 Å². The Labute approximate surface area is 198 Å². The maximum atomic E-state index is 12.5. The van der Waals surface area contributed by atoms with Crippen LogP contribution in [0.15, 0.2) is 63.5 Å². The number of rotatable bonds is 6. The lowest BCUT2D eigenvalue weighted by Gasteiger charge is -2.24. The van der Waals surface area contributed by atoms with Crippen molar-refractivity contribution in [1.82, 2.24) is 4.90 Å². The third-order valence-electron chi connectivity index (χ3n) is 4.90. The van der Waals surface area contributed by atoms with E-state index < -0.39 is 20.7 Å². The standard InChI is InChI=1S/C21H17N5O6S2/c1-2-34(30,31)21-24-33-20-23-19(27)17(18(22)25(20)21)11-13-5-9-16(10-6-13)32-12-14-3-7-15(8-4-14)26(28)29/h3-11,22H,2,12H2,1H3.